The van der Waals surface area contributed by atoms with Gasteiger partial charge >= 0.3 is 0 Å². The smallest absolute Gasteiger partial charge is 0.146 e. The van der Waals surface area contributed by atoms with Crippen LogP contribution in [0.25, 0.3) is 0 Å². The fourth-order valence-corrected chi connectivity index (χ4v) is 4.03. The summed E-state index contributed by atoms with van der Waals surface area (Å²) in [7, 11) is 0. The van der Waals surface area contributed by atoms with Crippen LogP contribution in [0, 0.1) is 11.7 Å². The van der Waals surface area contributed by atoms with Gasteiger partial charge in [0.15, 0.2) is 0 Å². The Morgan fingerprint density at radius 2 is 2.28 bits per heavy atom. The molecule has 2 rings (SSSR count). The molecule has 1 aromatic rings. The fraction of sp³-hybridized carbons (Fsp3) is 0.571. The van der Waals surface area contributed by atoms with Crippen LogP contribution in [0.1, 0.15) is 13.3 Å². The molecule has 2 N–H and O–H groups in total. The zero-order valence-electron chi connectivity index (χ0n) is 10.8. The first kappa shape index (κ1) is 13.7. The van der Waals surface area contributed by atoms with E-state index in [9.17, 15) is 4.39 Å². The molecule has 0 saturated carbocycles. The number of nitrogens with zero attached hydrogens (tertiary/aromatic N) is 1. The lowest BCUT2D eigenvalue weighted by Gasteiger charge is -2.36. The maximum Gasteiger partial charge on any atom is 0.146 e. The molecule has 2 nitrogen and oxygen atoms in total. The molecule has 1 heterocycles. The Balaban J connectivity index is 2.23. The third-order valence-corrected chi connectivity index (χ3v) is 4.84. The molecular weight excluding hydrogens is 247 g/mol. The zero-order valence-corrected chi connectivity index (χ0v) is 11.6. The molecule has 1 aromatic carbocycles. The Morgan fingerprint density at radius 1 is 1.50 bits per heavy atom. The van der Waals surface area contributed by atoms with Crippen molar-refractivity contribution < 1.29 is 4.39 Å². The van der Waals surface area contributed by atoms with E-state index in [0.29, 0.717) is 18.2 Å². The molecule has 2 atom stereocenters. The van der Waals surface area contributed by atoms with Crippen LogP contribution in [-0.2, 0) is 0 Å². The highest BCUT2D eigenvalue weighted by Gasteiger charge is 2.29. The highest BCUT2D eigenvalue weighted by atomic mass is 32.2. The van der Waals surface area contributed by atoms with Gasteiger partial charge in [0.1, 0.15) is 5.82 Å². The molecule has 0 spiro atoms. The van der Waals surface area contributed by atoms with Gasteiger partial charge in [0.05, 0.1) is 5.69 Å². The van der Waals surface area contributed by atoms with Crippen LogP contribution in [0.4, 0.5) is 10.1 Å². The summed E-state index contributed by atoms with van der Waals surface area (Å²) in [6.07, 6.45) is 1.19. The SMILES string of the molecule is CCN(c1ccccc1F)C(CN)C1CCSC1. The van der Waals surface area contributed by atoms with Crippen molar-refractivity contribution in [2.75, 3.05) is 29.5 Å². The van der Waals surface area contributed by atoms with Crippen LogP contribution in [0.2, 0.25) is 0 Å². The molecule has 4 heteroatoms. The first-order valence-corrected chi connectivity index (χ1v) is 7.72. The summed E-state index contributed by atoms with van der Waals surface area (Å²) in [5, 5.41) is 0. The normalized spacial score (nSPS) is 20.9. The lowest BCUT2D eigenvalue weighted by atomic mass is 9.97. The number of rotatable bonds is 5. The lowest BCUT2D eigenvalue weighted by molar-refractivity contribution is 0.437. The first-order valence-electron chi connectivity index (χ1n) is 6.57. The standard InChI is InChI=1S/C14H21FN2S/c1-2-17(13-6-4-3-5-12(13)15)14(9-16)11-7-8-18-10-11/h3-6,11,14H,2,7-10,16H2,1H3. The van der Waals surface area contributed by atoms with Gasteiger partial charge in [-0.15, -0.1) is 0 Å². The predicted molar refractivity (Wildman–Crippen MR) is 77.7 cm³/mol. The molecule has 1 aliphatic rings. The third-order valence-electron chi connectivity index (χ3n) is 3.65. The van der Waals surface area contributed by atoms with E-state index in [1.54, 1.807) is 6.07 Å². The van der Waals surface area contributed by atoms with Crippen molar-refractivity contribution in [1.82, 2.24) is 0 Å². The number of thioether (sulfide) groups is 1. The van der Waals surface area contributed by atoms with Gasteiger partial charge in [-0.3, -0.25) is 0 Å². The Kier molecular flexibility index (Phi) is 4.89. The molecule has 0 amide bonds. The number of halogens is 1. The van der Waals surface area contributed by atoms with E-state index in [0.717, 1.165) is 12.3 Å². The second-order valence-corrected chi connectivity index (χ2v) is 5.81. The van der Waals surface area contributed by atoms with Crippen molar-refractivity contribution in [3.63, 3.8) is 0 Å². The van der Waals surface area contributed by atoms with Crippen LogP contribution in [0.5, 0.6) is 0 Å². The summed E-state index contributed by atoms with van der Waals surface area (Å²) in [5.74, 6) is 2.78. The second-order valence-electron chi connectivity index (χ2n) is 4.66. The van der Waals surface area contributed by atoms with Gasteiger partial charge in [-0.1, -0.05) is 12.1 Å². The van der Waals surface area contributed by atoms with Crippen LogP contribution < -0.4 is 10.6 Å². The molecule has 18 heavy (non-hydrogen) atoms. The predicted octanol–water partition coefficient (Wildman–Crippen LogP) is 2.73. The van der Waals surface area contributed by atoms with E-state index in [1.807, 2.05) is 23.9 Å². The monoisotopic (exact) mass is 268 g/mol. The van der Waals surface area contributed by atoms with Gasteiger partial charge in [-0.2, -0.15) is 11.8 Å². The quantitative estimate of drug-likeness (QED) is 0.890. The second kappa shape index (κ2) is 6.43. The summed E-state index contributed by atoms with van der Waals surface area (Å²) in [4.78, 5) is 2.13. The Labute approximate surface area is 113 Å². The van der Waals surface area contributed by atoms with E-state index in [-0.39, 0.29) is 11.9 Å². The Bertz CT molecular complexity index is 380. The average Bonchev–Trinajstić information content (AvgIpc) is 2.90. The van der Waals surface area contributed by atoms with Crippen molar-refractivity contribution >= 4 is 17.4 Å². The number of hydrogen-bond acceptors (Lipinski definition) is 3. The largest absolute Gasteiger partial charge is 0.365 e. The number of benzene rings is 1. The van der Waals surface area contributed by atoms with Gasteiger partial charge < -0.3 is 10.6 Å². The average molecular weight is 268 g/mol. The Hall–Kier alpha value is -0.740. The van der Waals surface area contributed by atoms with Crippen LogP contribution in [0.15, 0.2) is 24.3 Å². The van der Waals surface area contributed by atoms with Crippen molar-refractivity contribution in [2.45, 2.75) is 19.4 Å². The lowest BCUT2D eigenvalue weighted by Crippen LogP contribution is -2.46. The van der Waals surface area contributed by atoms with Crippen LogP contribution in [0.3, 0.4) is 0 Å². The minimum absolute atomic E-state index is 0.150. The van der Waals surface area contributed by atoms with E-state index in [2.05, 4.69) is 11.8 Å². The minimum Gasteiger partial charge on any atom is -0.365 e. The maximum atomic E-state index is 13.9. The highest BCUT2D eigenvalue weighted by molar-refractivity contribution is 7.99. The maximum absolute atomic E-state index is 13.9. The molecule has 1 aliphatic heterocycles. The van der Waals surface area contributed by atoms with Gasteiger partial charge in [-0.05, 0) is 42.9 Å². The molecule has 0 radical (unpaired) electrons. The number of hydrogen-bond donors (Lipinski definition) is 1. The number of para-hydroxylation sites is 1. The summed E-state index contributed by atoms with van der Waals surface area (Å²) >= 11 is 1.98. The van der Waals surface area contributed by atoms with Gasteiger partial charge in [0, 0.05) is 19.1 Å². The topological polar surface area (TPSA) is 29.3 Å². The van der Waals surface area contributed by atoms with Crippen LogP contribution >= 0.6 is 11.8 Å². The van der Waals surface area contributed by atoms with Crippen molar-refractivity contribution in [3.8, 4) is 0 Å². The number of likely N-dealkylation sites (N-methyl/N-ethyl adjacent to an activating group) is 1. The number of nitrogens with two attached hydrogens (primary N) is 1. The molecular formula is C14H21FN2S. The molecule has 1 saturated heterocycles. The molecule has 0 bridgehead atoms. The van der Waals surface area contributed by atoms with E-state index < -0.39 is 0 Å². The van der Waals surface area contributed by atoms with E-state index in [4.69, 9.17) is 5.73 Å². The fourth-order valence-electron chi connectivity index (χ4n) is 2.70. The van der Waals surface area contributed by atoms with Crippen molar-refractivity contribution in [3.05, 3.63) is 30.1 Å². The van der Waals surface area contributed by atoms with Gasteiger partial charge in [0.25, 0.3) is 0 Å². The zero-order chi connectivity index (χ0) is 13.0. The molecule has 0 aliphatic carbocycles. The number of anilines is 1. The van der Waals surface area contributed by atoms with Crippen molar-refractivity contribution in [1.29, 1.82) is 0 Å². The molecule has 100 valence electrons. The molecule has 1 fully saturated rings. The summed E-state index contributed by atoms with van der Waals surface area (Å²) in [5.41, 5.74) is 6.63. The van der Waals surface area contributed by atoms with E-state index >= 15 is 0 Å². The summed E-state index contributed by atoms with van der Waals surface area (Å²) in [6, 6.07) is 7.24. The summed E-state index contributed by atoms with van der Waals surface area (Å²) < 4.78 is 13.9. The molecule has 2 unspecified atom stereocenters. The third kappa shape index (κ3) is 2.81. The summed E-state index contributed by atoms with van der Waals surface area (Å²) in [6.45, 7) is 3.45. The highest BCUT2D eigenvalue weighted by Crippen LogP contribution is 2.31. The van der Waals surface area contributed by atoms with Gasteiger partial charge in [0.2, 0.25) is 0 Å². The Morgan fingerprint density at radius 3 is 2.83 bits per heavy atom. The van der Waals surface area contributed by atoms with Gasteiger partial charge in [-0.25, -0.2) is 4.39 Å². The van der Waals surface area contributed by atoms with Crippen LogP contribution in [-0.4, -0.2) is 30.6 Å². The van der Waals surface area contributed by atoms with Crippen molar-refractivity contribution in [2.24, 2.45) is 11.7 Å². The first-order chi connectivity index (χ1) is 8.77. The van der Waals surface area contributed by atoms with E-state index in [1.165, 1.54) is 18.2 Å². The minimum atomic E-state index is -0.150. The molecule has 0 aromatic heterocycles.